The predicted molar refractivity (Wildman–Crippen MR) is 217 cm³/mol. The van der Waals surface area contributed by atoms with E-state index in [0.717, 1.165) is 0 Å². The van der Waals surface area contributed by atoms with Crippen LogP contribution >= 0.6 is 50.3 Å². The van der Waals surface area contributed by atoms with Gasteiger partial charge in [0.15, 0.2) is 0 Å². The number of rotatable bonds is 16. The van der Waals surface area contributed by atoms with E-state index in [0.29, 0.717) is 0 Å². The summed E-state index contributed by atoms with van der Waals surface area (Å²) in [7, 11) is 36.5. The van der Waals surface area contributed by atoms with Crippen LogP contribution in [0.1, 0.15) is 0 Å². The third kappa shape index (κ3) is 9.33. The first-order valence-corrected chi connectivity index (χ1v) is 23.0. The standard InChI is InChI=1S/C24H73N16P5.ClH/c1-29(2)42(30(3)4,31(5)6)25-41(26-43(32(7)8,33(9)10)34(11)12,27-44(35(13)14,36(15)16)37(17)18)28-45(38(19)20,39(21)22)40(23)24;/h41H,1-24H3;1H. The largest absolute Gasteiger partial charge is 0.147 e. The monoisotopic (exact) mass is 776 g/mol. The number of nitrogens with zero attached hydrogens (tertiary/aromatic N) is 16. The van der Waals surface area contributed by atoms with Crippen LogP contribution in [0, 0.1) is 0 Å². The van der Waals surface area contributed by atoms with Gasteiger partial charge in [-0.05, 0) is 0 Å². The normalized spacial score (nSPS) is 14.9. The zero-order valence-corrected chi connectivity index (χ0v) is 39.2. The van der Waals surface area contributed by atoms with Crippen molar-refractivity contribution in [3.05, 3.63) is 0 Å². The molecule has 0 rings (SSSR count). The van der Waals surface area contributed by atoms with Crippen LogP contribution in [-0.2, 0) is 0 Å². The van der Waals surface area contributed by atoms with Crippen molar-refractivity contribution in [1.29, 1.82) is 0 Å². The third-order valence-corrected chi connectivity index (χ3v) is 29.0. The summed E-state index contributed by atoms with van der Waals surface area (Å²) in [5.41, 5.74) is 0. The minimum Gasteiger partial charge on any atom is -0.147 e. The minimum absolute atomic E-state index is 0. The zero-order chi connectivity index (χ0) is 36.3. The summed E-state index contributed by atoms with van der Waals surface area (Å²) in [5.74, 6) is 0. The fraction of sp³-hybridized carbons (Fsp3) is 1.00. The summed E-state index contributed by atoms with van der Waals surface area (Å²) < 4.78 is 51.4. The van der Waals surface area contributed by atoms with Gasteiger partial charge in [0.2, 0.25) is 0 Å². The number of hydrogen-bond donors (Lipinski definition) is 0. The SMILES string of the molecule is CN(C)P(=N[PH](N=P(N(C)C)(N(C)C)N(C)C)(N=P(N(C)C)(N(C)C)N(C)C)N=P(N(C)C)(N(C)C)N(C)C)(N(C)C)N(C)C.Cl. The fourth-order valence-electron chi connectivity index (χ4n) is 6.21. The molecule has 0 saturated heterocycles. The number of halogens is 1. The van der Waals surface area contributed by atoms with E-state index in [1.165, 1.54) is 0 Å². The minimum atomic E-state index is -3.89. The van der Waals surface area contributed by atoms with Crippen LogP contribution < -0.4 is 0 Å². The zero-order valence-electron chi connectivity index (χ0n) is 33.9. The van der Waals surface area contributed by atoms with Crippen LogP contribution in [0.15, 0.2) is 18.1 Å². The molecule has 282 valence electrons. The van der Waals surface area contributed by atoms with Crippen molar-refractivity contribution in [2.75, 3.05) is 169 Å². The van der Waals surface area contributed by atoms with Crippen molar-refractivity contribution in [2.24, 2.45) is 18.1 Å². The molecule has 22 heteroatoms. The van der Waals surface area contributed by atoms with Gasteiger partial charge >= 0.3 is 281 Å². The first-order chi connectivity index (χ1) is 20.1. The topological polar surface area (TPSA) is 88.3 Å². The molecule has 0 saturated carbocycles. The van der Waals surface area contributed by atoms with E-state index in [4.69, 9.17) is 18.1 Å². The summed E-state index contributed by atoms with van der Waals surface area (Å²) in [6.45, 7) is 0. The van der Waals surface area contributed by atoms with E-state index in [-0.39, 0.29) is 12.4 Å². The van der Waals surface area contributed by atoms with Crippen LogP contribution in [0.5, 0.6) is 0 Å². The maximum Gasteiger partial charge on any atom is -0.147 e. The van der Waals surface area contributed by atoms with Gasteiger partial charge in [0, 0.05) is 0 Å². The smallest absolute Gasteiger partial charge is 0.147 e. The second-order valence-corrected chi connectivity index (χ2v) is 31.6. The molecule has 0 aromatic carbocycles. The maximum absolute atomic E-state index is 6.10. The molecular weight excluding hydrogens is 703 g/mol. The van der Waals surface area contributed by atoms with E-state index >= 15 is 0 Å². The molecule has 0 aliphatic carbocycles. The summed E-state index contributed by atoms with van der Waals surface area (Å²) in [5, 5.41) is 0. The Balaban J connectivity index is 0. The van der Waals surface area contributed by atoms with E-state index in [1.807, 2.05) is 0 Å². The van der Waals surface area contributed by atoms with E-state index in [1.54, 1.807) is 0 Å². The molecule has 0 unspecified atom stereocenters. The van der Waals surface area contributed by atoms with Gasteiger partial charge in [-0.1, -0.05) is 0 Å². The molecule has 0 heterocycles. The second-order valence-electron chi connectivity index (χ2n) is 13.3. The average molecular weight is 777 g/mol. The van der Waals surface area contributed by atoms with Gasteiger partial charge in [-0.2, -0.15) is 0 Å². The summed E-state index contributed by atoms with van der Waals surface area (Å²) in [6, 6.07) is 0. The molecule has 0 N–H and O–H groups in total. The van der Waals surface area contributed by atoms with Gasteiger partial charge < -0.3 is 0 Å². The van der Waals surface area contributed by atoms with Crippen molar-refractivity contribution in [3.8, 4) is 0 Å². The fourth-order valence-corrected chi connectivity index (χ4v) is 32.3. The average Bonchev–Trinajstić information content (AvgIpc) is 2.84. The molecule has 0 fully saturated rings. The quantitative estimate of drug-likeness (QED) is 0.190. The number of hydrogen-bond acceptors (Lipinski definition) is 4. The molecule has 0 radical (unpaired) electrons. The molecule has 0 aliphatic heterocycles. The molecule has 46 heavy (non-hydrogen) atoms. The second kappa shape index (κ2) is 18.6. The van der Waals surface area contributed by atoms with Gasteiger partial charge in [0.05, 0.1) is 0 Å². The van der Waals surface area contributed by atoms with Crippen LogP contribution in [0.2, 0.25) is 0 Å². The maximum atomic E-state index is 6.10. The Labute approximate surface area is 292 Å². The molecule has 0 aliphatic rings. The molecule has 0 bridgehead atoms. The Kier molecular flexibility index (Phi) is 19.9. The molecule has 0 amide bonds. The van der Waals surface area contributed by atoms with Gasteiger partial charge in [-0.3, -0.25) is 0 Å². The van der Waals surface area contributed by atoms with Crippen molar-refractivity contribution in [3.63, 3.8) is 0 Å². The Morgan fingerprint density at radius 3 is 0.391 bits per heavy atom. The molecule has 16 nitrogen and oxygen atoms in total. The summed E-state index contributed by atoms with van der Waals surface area (Å²) >= 11 is 0. The molecule has 0 spiro atoms. The van der Waals surface area contributed by atoms with Gasteiger partial charge in [-0.15, -0.1) is 12.4 Å². The molecule has 0 aromatic rings. The Morgan fingerprint density at radius 1 is 0.239 bits per heavy atom. The van der Waals surface area contributed by atoms with Crippen LogP contribution in [0.4, 0.5) is 0 Å². The van der Waals surface area contributed by atoms with E-state index in [2.05, 4.69) is 225 Å². The van der Waals surface area contributed by atoms with Crippen molar-refractivity contribution < 1.29 is 0 Å². The molecular formula is C24H74ClN16P5. The van der Waals surface area contributed by atoms with Gasteiger partial charge in [0.25, 0.3) is 0 Å². The summed E-state index contributed by atoms with van der Waals surface area (Å²) in [6.07, 6.45) is 0. The van der Waals surface area contributed by atoms with Crippen LogP contribution in [-0.4, -0.2) is 225 Å². The third-order valence-electron chi connectivity index (χ3n) is 7.51. The van der Waals surface area contributed by atoms with Crippen molar-refractivity contribution >= 4 is 50.3 Å². The first-order valence-electron chi connectivity index (χ1n) is 14.8. The Bertz CT molecular complexity index is 883. The van der Waals surface area contributed by atoms with E-state index in [9.17, 15) is 0 Å². The Morgan fingerprint density at radius 2 is 0.326 bits per heavy atom. The first kappa shape index (κ1) is 49.3. The molecule has 0 atom stereocenters. The van der Waals surface area contributed by atoms with E-state index < -0.39 is 37.9 Å². The summed E-state index contributed by atoms with van der Waals surface area (Å²) in [4.78, 5) is 0. The van der Waals surface area contributed by atoms with Gasteiger partial charge in [-0.25, -0.2) is 0 Å². The van der Waals surface area contributed by atoms with Crippen molar-refractivity contribution in [2.45, 2.75) is 0 Å². The van der Waals surface area contributed by atoms with Crippen molar-refractivity contribution in [1.82, 2.24) is 56.0 Å². The van der Waals surface area contributed by atoms with Crippen LogP contribution in [0.3, 0.4) is 0 Å². The van der Waals surface area contributed by atoms with Crippen LogP contribution in [0.25, 0.3) is 0 Å². The molecule has 0 aromatic heterocycles. The predicted octanol–water partition coefficient (Wildman–Crippen LogP) is 5.34. The Hall–Kier alpha value is 1.16. The van der Waals surface area contributed by atoms with Gasteiger partial charge in [0.1, 0.15) is 0 Å².